The van der Waals surface area contributed by atoms with Gasteiger partial charge in [0.1, 0.15) is 17.5 Å². The summed E-state index contributed by atoms with van der Waals surface area (Å²) in [4.78, 5) is 11.3. The van der Waals surface area contributed by atoms with Crippen molar-refractivity contribution in [2.75, 3.05) is 7.11 Å². The number of hydrogen-bond donors (Lipinski definition) is 1. The molecule has 0 spiro atoms. The fraction of sp³-hybridized carbons (Fsp3) is 0.133. The van der Waals surface area contributed by atoms with Crippen LogP contribution in [0, 0.1) is 0 Å². The summed E-state index contributed by atoms with van der Waals surface area (Å²) in [6, 6.07) is 15.7. The van der Waals surface area contributed by atoms with Crippen LogP contribution >= 0.6 is 0 Å². The van der Waals surface area contributed by atoms with Crippen molar-refractivity contribution < 1.29 is 14.3 Å². The zero-order chi connectivity index (χ0) is 13.7. The molecule has 2 aromatic rings. The third-order valence-corrected chi connectivity index (χ3v) is 2.67. The van der Waals surface area contributed by atoms with Gasteiger partial charge in [0.25, 0.3) is 0 Å². The van der Waals surface area contributed by atoms with E-state index in [0.717, 1.165) is 5.75 Å². The molecule has 2 aromatic carbocycles. The van der Waals surface area contributed by atoms with E-state index in [9.17, 15) is 4.79 Å². The maximum atomic E-state index is 11.3. The van der Waals surface area contributed by atoms with E-state index in [1.165, 1.54) is 7.11 Å². The van der Waals surface area contributed by atoms with E-state index in [2.05, 4.69) is 4.74 Å². The Bertz CT molecular complexity index is 537. The molecule has 0 fully saturated rings. The SMILES string of the molecule is COC(=O)[C@H](N)c1ccc(Oc2ccccc2)cc1. The zero-order valence-electron chi connectivity index (χ0n) is 10.6. The number of carbonyl (C=O) groups is 1. The van der Waals surface area contributed by atoms with Crippen molar-refractivity contribution >= 4 is 5.97 Å². The minimum absolute atomic E-state index is 0.461. The highest BCUT2D eigenvalue weighted by atomic mass is 16.5. The van der Waals surface area contributed by atoms with E-state index < -0.39 is 12.0 Å². The van der Waals surface area contributed by atoms with Crippen LogP contribution in [0.4, 0.5) is 0 Å². The summed E-state index contributed by atoms with van der Waals surface area (Å²) in [6.07, 6.45) is 0. The second-order valence-corrected chi connectivity index (χ2v) is 3.98. The van der Waals surface area contributed by atoms with Gasteiger partial charge >= 0.3 is 5.97 Å². The molecule has 0 bridgehead atoms. The van der Waals surface area contributed by atoms with Crippen LogP contribution < -0.4 is 10.5 Å². The first-order chi connectivity index (χ1) is 9.20. The van der Waals surface area contributed by atoms with Gasteiger partial charge in [0, 0.05) is 0 Å². The lowest BCUT2D eigenvalue weighted by atomic mass is 10.1. The summed E-state index contributed by atoms with van der Waals surface area (Å²) >= 11 is 0. The third kappa shape index (κ3) is 3.33. The van der Waals surface area contributed by atoms with E-state index in [0.29, 0.717) is 11.3 Å². The van der Waals surface area contributed by atoms with Crippen molar-refractivity contribution in [2.24, 2.45) is 5.73 Å². The molecule has 0 aliphatic heterocycles. The highest BCUT2D eigenvalue weighted by Crippen LogP contribution is 2.22. The van der Waals surface area contributed by atoms with Gasteiger partial charge in [-0.2, -0.15) is 0 Å². The van der Waals surface area contributed by atoms with Gasteiger partial charge in [-0.3, -0.25) is 4.79 Å². The molecule has 98 valence electrons. The van der Waals surface area contributed by atoms with E-state index in [1.54, 1.807) is 24.3 Å². The Kier molecular flexibility index (Phi) is 4.15. The van der Waals surface area contributed by atoms with Gasteiger partial charge < -0.3 is 15.2 Å². The molecule has 0 aromatic heterocycles. The highest BCUT2D eigenvalue weighted by Gasteiger charge is 2.15. The number of esters is 1. The van der Waals surface area contributed by atoms with Gasteiger partial charge in [-0.05, 0) is 29.8 Å². The molecule has 0 aliphatic rings. The van der Waals surface area contributed by atoms with Crippen molar-refractivity contribution in [1.82, 2.24) is 0 Å². The maximum absolute atomic E-state index is 11.3. The van der Waals surface area contributed by atoms with E-state index in [4.69, 9.17) is 10.5 Å². The number of carbonyl (C=O) groups excluding carboxylic acids is 1. The van der Waals surface area contributed by atoms with Crippen LogP contribution in [-0.4, -0.2) is 13.1 Å². The number of nitrogens with two attached hydrogens (primary N) is 1. The van der Waals surface area contributed by atoms with Gasteiger partial charge in [0.15, 0.2) is 0 Å². The molecule has 1 atom stereocenters. The number of hydrogen-bond acceptors (Lipinski definition) is 4. The molecule has 0 heterocycles. The number of para-hydroxylation sites is 1. The van der Waals surface area contributed by atoms with Crippen LogP contribution in [0.15, 0.2) is 54.6 Å². The average molecular weight is 257 g/mol. The topological polar surface area (TPSA) is 61.5 Å². The molecule has 19 heavy (non-hydrogen) atoms. The molecular weight excluding hydrogens is 242 g/mol. The standard InChI is InChI=1S/C15H15NO3/c1-18-15(17)14(16)11-7-9-13(10-8-11)19-12-5-3-2-4-6-12/h2-10,14H,16H2,1H3/t14-/m1/s1. The van der Waals surface area contributed by atoms with Gasteiger partial charge in [-0.15, -0.1) is 0 Å². The van der Waals surface area contributed by atoms with E-state index >= 15 is 0 Å². The quantitative estimate of drug-likeness (QED) is 0.855. The minimum Gasteiger partial charge on any atom is -0.468 e. The summed E-state index contributed by atoms with van der Waals surface area (Å²) in [6.45, 7) is 0. The van der Waals surface area contributed by atoms with Crippen LogP contribution in [-0.2, 0) is 9.53 Å². The molecule has 0 radical (unpaired) electrons. The lowest BCUT2D eigenvalue weighted by molar-refractivity contribution is -0.142. The molecule has 2 N–H and O–H groups in total. The monoisotopic (exact) mass is 257 g/mol. The maximum Gasteiger partial charge on any atom is 0.327 e. The average Bonchev–Trinajstić information content (AvgIpc) is 2.47. The Morgan fingerprint density at radius 3 is 2.16 bits per heavy atom. The van der Waals surface area contributed by atoms with Crippen LogP contribution in [0.5, 0.6) is 11.5 Å². The number of methoxy groups -OCH3 is 1. The van der Waals surface area contributed by atoms with Crippen molar-refractivity contribution in [3.63, 3.8) is 0 Å². The Balaban J connectivity index is 2.08. The van der Waals surface area contributed by atoms with Crippen LogP contribution in [0.25, 0.3) is 0 Å². The van der Waals surface area contributed by atoms with Crippen LogP contribution in [0.1, 0.15) is 11.6 Å². The molecule has 0 aliphatic carbocycles. The third-order valence-electron chi connectivity index (χ3n) is 2.67. The predicted octanol–water partition coefficient (Wildman–Crippen LogP) is 2.65. The normalized spacial score (nSPS) is 11.7. The second kappa shape index (κ2) is 6.02. The van der Waals surface area contributed by atoms with Crippen molar-refractivity contribution in [3.8, 4) is 11.5 Å². The minimum atomic E-state index is -0.768. The first-order valence-corrected chi connectivity index (χ1v) is 5.87. The summed E-state index contributed by atoms with van der Waals surface area (Å²) < 4.78 is 10.2. The van der Waals surface area contributed by atoms with Crippen molar-refractivity contribution in [2.45, 2.75) is 6.04 Å². The largest absolute Gasteiger partial charge is 0.468 e. The second-order valence-electron chi connectivity index (χ2n) is 3.98. The summed E-state index contributed by atoms with van der Waals surface area (Å²) in [5.74, 6) is 0.983. The zero-order valence-corrected chi connectivity index (χ0v) is 10.6. The summed E-state index contributed by atoms with van der Waals surface area (Å²) in [5.41, 5.74) is 6.42. The molecule has 0 saturated heterocycles. The first kappa shape index (κ1) is 13.1. The number of rotatable bonds is 4. The fourth-order valence-corrected chi connectivity index (χ4v) is 1.63. The molecule has 2 rings (SSSR count). The lowest BCUT2D eigenvalue weighted by Gasteiger charge is -2.10. The Morgan fingerprint density at radius 2 is 1.58 bits per heavy atom. The fourth-order valence-electron chi connectivity index (χ4n) is 1.63. The van der Waals surface area contributed by atoms with Gasteiger partial charge in [-0.25, -0.2) is 0 Å². The summed E-state index contributed by atoms with van der Waals surface area (Å²) in [5, 5.41) is 0. The first-order valence-electron chi connectivity index (χ1n) is 5.87. The lowest BCUT2D eigenvalue weighted by Crippen LogP contribution is -2.22. The van der Waals surface area contributed by atoms with Crippen LogP contribution in [0.3, 0.4) is 0 Å². The summed E-state index contributed by atoms with van der Waals surface area (Å²) in [7, 11) is 1.31. The van der Waals surface area contributed by atoms with Gasteiger partial charge in [0.2, 0.25) is 0 Å². The van der Waals surface area contributed by atoms with E-state index in [1.807, 2.05) is 30.3 Å². The molecule has 4 nitrogen and oxygen atoms in total. The highest BCUT2D eigenvalue weighted by molar-refractivity contribution is 5.77. The molecule has 0 amide bonds. The van der Waals surface area contributed by atoms with Crippen molar-refractivity contribution in [3.05, 3.63) is 60.2 Å². The van der Waals surface area contributed by atoms with Crippen molar-refractivity contribution in [1.29, 1.82) is 0 Å². The molecule has 4 heteroatoms. The van der Waals surface area contributed by atoms with Gasteiger partial charge in [0.05, 0.1) is 7.11 Å². The molecule has 0 unspecified atom stereocenters. The van der Waals surface area contributed by atoms with E-state index in [-0.39, 0.29) is 0 Å². The molecular formula is C15H15NO3. The predicted molar refractivity (Wildman–Crippen MR) is 71.9 cm³/mol. The number of ether oxygens (including phenoxy) is 2. The Hall–Kier alpha value is -2.33. The van der Waals surface area contributed by atoms with Crippen LogP contribution in [0.2, 0.25) is 0 Å². The van der Waals surface area contributed by atoms with Gasteiger partial charge in [-0.1, -0.05) is 30.3 Å². The Labute approximate surface area is 111 Å². The molecule has 0 saturated carbocycles. The Morgan fingerprint density at radius 1 is 1.00 bits per heavy atom. The number of benzene rings is 2. The smallest absolute Gasteiger partial charge is 0.327 e.